The second-order valence-corrected chi connectivity index (χ2v) is 4.45. The molecular weight excluding hydrogens is 200 g/mol. The van der Waals surface area contributed by atoms with Crippen molar-refractivity contribution < 1.29 is 8.42 Å². The fourth-order valence-corrected chi connectivity index (χ4v) is 1.27. The summed E-state index contributed by atoms with van der Waals surface area (Å²) in [4.78, 5) is 3.48. The summed E-state index contributed by atoms with van der Waals surface area (Å²) in [6.45, 7) is 0. The number of nitriles is 1. The zero-order chi connectivity index (χ0) is 9.19. The number of halogens is 1. The van der Waals surface area contributed by atoms with Crippen molar-refractivity contribution in [1.82, 2.24) is 4.98 Å². The lowest BCUT2D eigenvalue weighted by Gasteiger charge is -1.92. The highest BCUT2D eigenvalue weighted by Gasteiger charge is 2.10. The van der Waals surface area contributed by atoms with E-state index < -0.39 is 9.05 Å². The predicted octanol–water partition coefficient (Wildman–Crippen LogP) is 0.881. The molecule has 1 heterocycles. The summed E-state index contributed by atoms with van der Waals surface area (Å²) in [5, 5.41) is 8.11. The number of pyridine rings is 1. The lowest BCUT2D eigenvalue weighted by molar-refractivity contribution is 0.606. The molecular formula is C6H3ClN2O2S. The van der Waals surface area contributed by atoms with Gasteiger partial charge in [0.25, 0.3) is 9.05 Å². The molecule has 12 heavy (non-hydrogen) atoms. The van der Waals surface area contributed by atoms with Gasteiger partial charge in [0, 0.05) is 16.9 Å². The van der Waals surface area contributed by atoms with Gasteiger partial charge in [-0.05, 0) is 12.1 Å². The Balaban J connectivity index is 3.20. The molecule has 0 unspecified atom stereocenters. The largest absolute Gasteiger partial charge is 0.278 e. The van der Waals surface area contributed by atoms with Crippen LogP contribution in [0.3, 0.4) is 0 Å². The van der Waals surface area contributed by atoms with E-state index in [9.17, 15) is 8.42 Å². The highest BCUT2D eigenvalue weighted by molar-refractivity contribution is 8.13. The summed E-state index contributed by atoms with van der Waals surface area (Å²) in [7, 11) is 1.20. The minimum absolute atomic E-state index is 0.247. The zero-order valence-corrected chi connectivity index (χ0v) is 7.30. The number of rotatable bonds is 1. The highest BCUT2D eigenvalue weighted by Crippen LogP contribution is 2.11. The molecule has 0 bridgehead atoms. The van der Waals surface area contributed by atoms with Crippen LogP contribution in [-0.4, -0.2) is 13.4 Å². The Kier molecular flexibility index (Phi) is 2.31. The van der Waals surface area contributed by atoms with Crippen molar-refractivity contribution in [3.05, 3.63) is 23.9 Å². The Morgan fingerprint density at radius 3 is 2.50 bits per heavy atom. The lowest BCUT2D eigenvalue weighted by Crippen LogP contribution is -1.94. The summed E-state index contributed by atoms with van der Waals surface area (Å²) in [6.07, 6.45) is 1.15. The maximum atomic E-state index is 10.7. The van der Waals surface area contributed by atoms with Gasteiger partial charge in [-0.2, -0.15) is 5.26 Å². The van der Waals surface area contributed by atoms with Crippen LogP contribution < -0.4 is 0 Å². The Morgan fingerprint density at radius 2 is 2.17 bits per heavy atom. The van der Waals surface area contributed by atoms with Crippen LogP contribution in [0.25, 0.3) is 0 Å². The average molecular weight is 203 g/mol. The van der Waals surface area contributed by atoms with Gasteiger partial charge in [-0.1, -0.05) is 0 Å². The van der Waals surface area contributed by atoms with E-state index in [1.807, 2.05) is 0 Å². The first-order valence-electron chi connectivity index (χ1n) is 2.85. The van der Waals surface area contributed by atoms with Crippen molar-refractivity contribution >= 4 is 19.7 Å². The molecule has 1 aromatic rings. The van der Waals surface area contributed by atoms with Crippen LogP contribution in [0.4, 0.5) is 0 Å². The number of nitrogens with zero attached hydrogens (tertiary/aromatic N) is 2. The van der Waals surface area contributed by atoms with Crippen molar-refractivity contribution in [2.24, 2.45) is 0 Å². The Labute approximate surface area is 73.8 Å². The molecule has 0 aliphatic carbocycles. The van der Waals surface area contributed by atoms with Crippen molar-refractivity contribution in [3.8, 4) is 6.07 Å². The third kappa shape index (κ3) is 1.94. The molecule has 6 heteroatoms. The summed E-state index contributed by atoms with van der Waals surface area (Å²) < 4.78 is 21.3. The van der Waals surface area contributed by atoms with Crippen molar-refractivity contribution in [1.29, 1.82) is 5.26 Å². The molecule has 0 N–H and O–H groups in total. The molecule has 0 saturated carbocycles. The topological polar surface area (TPSA) is 70.8 Å². The summed E-state index contributed by atoms with van der Waals surface area (Å²) in [6, 6.07) is 4.32. The van der Waals surface area contributed by atoms with E-state index in [2.05, 4.69) is 4.98 Å². The normalized spacial score (nSPS) is 10.7. The first-order valence-corrected chi connectivity index (χ1v) is 5.16. The molecule has 0 saturated heterocycles. The van der Waals surface area contributed by atoms with Gasteiger partial charge in [0.05, 0.1) is 5.56 Å². The molecule has 1 rings (SSSR count). The number of hydrogen-bond donors (Lipinski definition) is 0. The molecule has 0 spiro atoms. The second kappa shape index (κ2) is 3.09. The van der Waals surface area contributed by atoms with Crippen LogP contribution in [0.5, 0.6) is 0 Å². The molecule has 0 atom stereocenters. The third-order valence-electron chi connectivity index (χ3n) is 1.12. The molecule has 0 amide bonds. The van der Waals surface area contributed by atoms with Crippen LogP contribution in [0.1, 0.15) is 5.56 Å². The van der Waals surface area contributed by atoms with Gasteiger partial charge in [0.15, 0.2) is 5.03 Å². The molecule has 0 aliphatic heterocycles. The zero-order valence-electron chi connectivity index (χ0n) is 5.73. The van der Waals surface area contributed by atoms with Gasteiger partial charge >= 0.3 is 0 Å². The van der Waals surface area contributed by atoms with Crippen LogP contribution in [0.15, 0.2) is 23.4 Å². The van der Waals surface area contributed by atoms with Gasteiger partial charge in [0.2, 0.25) is 0 Å². The fraction of sp³-hybridized carbons (Fsp3) is 0. The molecule has 4 nitrogen and oxygen atoms in total. The van der Waals surface area contributed by atoms with Crippen molar-refractivity contribution in [3.63, 3.8) is 0 Å². The monoisotopic (exact) mass is 202 g/mol. The van der Waals surface area contributed by atoms with E-state index in [1.165, 1.54) is 12.1 Å². The molecule has 0 radical (unpaired) electrons. The van der Waals surface area contributed by atoms with Crippen LogP contribution >= 0.6 is 10.7 Å². The molecule has 0 aliphatic rings. The van der Waals surface area contributed by atoms with Crippen LogP contribution in [-0.2, 0) is 9.05 Å². The van der Waals surface area contributed by atoms with E-state index in [0.717, 1.165) is 6.20 Å². The van der Waals surface area contributed by atoms with Gasteiger partial charge in [0.1, 0.15) is 6.07 Å². The average Bonchev–Trinajstić information content (AvgIpc) is 2.03. The smallest absolute Gasteiger partial charge is 0.242 e. The van der Waals surface area contributed by atoms with Crippen molar-refractivity contribution in [2.75, 3.05) is 0 Å². The Hall–Kier alpha value is -1.12. The first-order chi connectivity index (χ1) is 5.54. The van der Waals surface area contributed by atoms with Gasteiger partial charge in [-0.25, -0.2) is 13.4 Å². The molecule has 0 aromatic carbocycles. The van der Waals surface area contributed by atoms with Gasteiger partial charge < -0.3 is 0 Å². The molecule has 62 valence electrons. The predicted molar refractivity (Wildman–Crippen MR) is 42.0 cm³/mol. The Bertz CT molecular complexity index is 418. The SMILES string of the molecule is N#Cc1ccc(S(=O)(=O)Cl)nc1. The number of hydrogen-bond acceptors (Lipinski definition) is 4. The van der Waals surface area contributed by atoms with Crippen molar-refractivity contribution in [2.45, 2.75) is 5.03 Å². The first kappa shape index (κ1) is 8.97. The second-order valence-electron chi connectivity index (χ2n) is 1.93. The van der Waals surface area contributed by atoms with E-state index in [1.54, 1.807) is 6.07 Å². The maximum absolute atomic E-state index is 10.7. The maximum Gasteiger partial charge on any atom is 0.278 e. The van der Waals surface area contributed by atoms with E-state index in [-0.39, 0.29) is 5.03 Å². The number of aromatic nitrogens is 1. The summed E-state index contributed by atoms with van der Waals surface area (Å²) >= 11 is 0. The third-order valence-corrected chi connectivity index (χ3v) is 2.33. The minimum atomic E-state index is -3.78. The van der Waals surface area contributed by atoms with E-state index >= 15 is 0 Å². The quantitative estimate of drug-likeness (QED) is 0.634. The summed E-state index contributed by atoms with van der Waals surface area (Å²) in [5.74, 6) is 0. The lowest BCUT2D eigenvalue weighted by atomic mass is 10.3. The summed E-state index contributed by atoms with van der Waals surface area (Å²) in [5.41, 5.74) is 0.291. The van der Waals surface area contributed by atoms with Gasteiger partial charge in [-0.3, -0.25) is 0 Å². The molecule has 1 aromatic heterocycles. The molecule has 0 fully saturated rings. The van der Waals surface area contributed by atoms with Gasteiger partial charge in [-0.15, -0.1) is 0 Å². The minimum Gasteiger partial charge on any atom is -0.242 e. The standard InChI is InChI=1S/C6H3ClN2O2S/c7-12(10,11)6-2-1-5(3-8)4-9-6/h1-2,4H. The Morgan fingerprint density at radius 1 is 1.50 bits per heavy atom. The highest BCUT2D eigenvalue weighted by atomic mass is 35.7. The van der Waals surface area contributed by atoms with E-state index in [0.29, 0.717) is 5.56 Å². The van der Waals surface area contributed by atoms with E-state index in [4.69, 9.17) is 15.9 Å². The van der Waals surface area contributed by atoms with Crippen LogP contribution in [0, 0.1) is 11.3 Å². The fourth-order valence-electron chi connectivity index (χ4n) is 0.591. The van der Waals surface area contributed by atoms with Crippen LogP contribution in [0.2, 0.25) is 0 Å².